The minimum absolute atomic E-state index is 0.161. The van der Waals surface area contributed by atoms with Crippen molar-refractivity contribution in [2.75, 3.05) is 11.6 Å². The van der Waals surface area contributed by atoms with E-state index < -0.39 is 9.84 Å². The molecule has 1 heterocycles. The van der Waals surface area contributed by atoms with E-state index >= 15 is 0 Å². The van der Waals surface area contributed by atoms with Crippen molar-refractivity contribution < 1.29 is 8.42 Å². The summed E-state index contributed by atoms with van der Waals surface area (Å²) in [4.78, 5) is 2.85. The number of hydrogen-bond acceptors (Lipinski definition) is 4. The fourth-order valence-corrected chi connectivity index (χ4v) is 3.37. The quantitative estimate of drug-likeness (QED) is 0.937. The number of nitrogens with one attached hydrogen (secondary N) is 1. The summed E-state index contributed by atoms with van der Waals surface area (Å²) in [5, 5.41) is 3.33. The van der Waals surface area contributed by atoms with Crippen molar-refractivity contribution in [3.63, 3.8) is 0 Å². The lowest BCUT2D eigenvalue weighted by Gasteiger charge is -2.14. The van der Waals surface area contributed by atoms with Gasteiger partial charge in [-0.3, -0.25) is 0 Å². The SMILES string of the molecule is Cc1ccc(C(C)Nc2cccc(S(C)(=O)=O)c2)s1. The summed E-state index contributed by atoms with van der Waals surface area (Å²) in [6.07, 6.45) is 1.22. The molecule has 0 radical (unpaired) electrons. The fraction of sp³-hybridized carbons (Fsp3) is 0.286. The number of benzene rings is 1. The first-order chi connectivity index (χ1) is 8.86. The minimum Gasteiger partial charge on any atom is -0.378 e. The second-order valence-electron chi connectivity index (χ2n) is 4.61. The van der Waals surface area contributed by atoms with Crippen LogP contribution in [0.2, 0.25) is 0 Å². The zero-order valence-electron chi connectivity index (χ0n) is 11.2. The van der Waals surface area contributed by atoms with Crippen LogP contribution in [0.15, 0.2) is 41.3 Å². The largest absolute Gasteiger partial charge is 0.378 e. The van der Waals surface area contributed by atoms with Gasteiger partial charge in [-0.1, -0.05) is 6.07 Å². The van der Waals surface area contributed by atoms with Gasteiger partial charge in [-0.2, -0.15) is 0 Å². The summed E-state index contributed by atoms with van der Waals surface area (Å²) in [7, 11) is -3.16. The van der Waals surface area contributed by atoms with E-state index in [1.54, 1.807) is 29.5 Å². The molecule has 0 saturated carbocycles. The molecule has 0 aliphatic heterocycles. The van der Waals surface area contributed by atoms with Crippen molar-refractivity contribution in [3.05, 3.63) is 46.2 Å². The van der Waals surface area contributed by atoms with E-state index in [-0.39, 0.29) is 6.04 Å². The Morgan fingerprint density at radius 3 is 2.53 bits per heavy atom. The number of rotatable bonds is 4. The maximum absolute atomic E-state index is 11.5. The summed E-state index contributed by atoms with van der Waals surface area (Å²) < 4.78 is 23.0. The van der Waals surface area contributed by atoms with Crippen LogP contribution < -0.4 is 5.32 Å². The van der Waals surface area contributed by atoms with Gasteiger partial charge in [0.1, 0.15) is 0 Å². The van der Waals surface area contributed by atoms with Crippen LogP contribution in [0.4, 0.5) is 5.69 Å². The summed E-state index contributed by atoms with van der Waals surface area (Å²) in [6, 6.07) is 11.3. The van der Waals surface area contributed by atoms with E-state index in [0.717, 1.165) is 5.69 Å². The molecule has 19 heavy (non-hydrogen) atoms. The Balaban J connectivity index is 2.20. The lowest BCUT2D eigenvalue weighted by molar-refractivity contribution is 0.602. The van der Waals surface area contributed by atoms with Crippen LogP contribution in [-0.4, -0.2) is 14.7 Å². The van der Waals surface area contributed by atoms with E-state index in [2.05, 4.69) is 31.3 Å². The van der Waals surface area contributed by atoms with E-state index in [0.29, 0.717) is 4.90 Å². The summed E-state index contributed by atoms with van der Waals surface area (Å²) in [5.74, 6) is 0. The van der Waals surface area contributed by atoms with Gasteiger partial charge in [0, 0.05) is 21.7 Å². The Kier molecular flexibility index (Phi) is 3.96. The number of sulfone groups is 1. The van der Waals surface area contributed by atoms with Crippen molar-refractivity contribution in [2.45, 2.75) is 24.8 Å². The lowest BCUT2D eigenvalue weighted by Crippen LogP contribution is -2.06. The predicted molar refractivity (Wildman–Crippen MR) is 80.6 cm³/mol. The third-order valence-electron chi connectivity index (χ3n) is 2.83. The van der Waals surface area contributed by atoms with Crippen molar-refractivity contribution in [1.82, 2.24) is 0 Å². The number of anilines is 1. The highest BCUT2D eigenvalue weighted by molar-refractivity contribution is 7.90. The number of aryl methyl sites for hydroxylation is 1. The topological polar surface area (TPSA) is 46.2 Å². The van der Waals surface area contributed by atoms with Gasteiger partial charge in [0.25, 0.3) is 0 Å². The molecule has 2 rings (SSSR count). The average molecular weight is 295 g/mol. The van der Waals surface area contributed by atoms with E-state index in [1.165, 1.54) is 16.0 Å². The van der Waals surface area contributed by atoms with Crippen molar-refractivity contribution in [2.24, 2.45) is 0 Å². The molecule has 1 unspecified atom stereocenters. The molecular weight excluding hydrogens is 278 g/mol. The first-order valence-electron chi connectivity index (χ1n) is 5.99. The molecule has 0 saturated heterocycles. The van der Waals surface area contributed by atoms with E-state index in [4.69, 9.17) is 0 Å². The lowest BCUT2D eigenvalue weighted by atomic mass is 10.2. The Morgan fingerprint density at radius 1 is 1.21 bits per heavy atom. The zero-order valence-corrected chi connectivity index (χ0v) is 12.8. The van der Waals surface area contributed by atoms with Crippen LogP contribution in [-0.2, 0) is 9.84 Å². The van der Waals surface area contributed by atoms with E-state index in [1.807, 2.05) is 6.07 Å². The minimum atomic E-state index is -3.16. The molecule has 5 heteroatoms. The average Bonchev–Trinajstić information content (AvgIpc) is 2.75. The molecule has 0 amide bonds. The van der Waals surface area contributed by atoms with Gasteiger partial charge >= 0.3 is 0 Å². The Bertz CT molecular complexity index is 674. The van der Waals surface area contributed by atoms with Crippen molar-refractivity contribution >= 4 is 26.9 Å². The third kappa shape index (κ3) is 3.58. The highest BCUT2D eigenvalue weighted by Crippen LogP contribution is 2.26. The Hall–Kier alpha value is -1.33. The third-order valence-corrected chi connectivity index (χ3v) is 5.13. The first kappa shape index (κ1) is 14.1. The first-order valence-corrected chi connectivity index (χ1v) is 8.70. The molecule has 1 aromatic carbocycles. The zero-order chi connectivity index (χ0) is 14.0. The smallest absolute Gasteiger partial charge is 0.175 e. The van der Waals surface area contributed by atoms with Crippen LogP contribution in [0.5, 0.6) is 0 Å². The predicted octanol–water partition coefficient (Wildman–Crippen LogP) is 3.63. The Labute approximate surface area is 118 Å². The van der Waals surface area contributed by atoms with Crippen molar-refractivity contribution in [3.8, 4) is 0 Å². The number of thiophene rings is 1. The molecule has 1 N–H and O–H groups in total. The maximum atomic E-state index is 11.5. The van der Waals surface area contributed by atoms with Gasteiger partial charge in [-0.05, 0) is 44.2 Å². The molecule has 0 fully saturated rings. The molecule has 0 bridgehead atoms. The van der Waals surface area contributed by atoms with Gasteiger partial charge in [-0.25, -0.2) is 8.42 Å². The van der Waals surface area contributed by atoms with Crippen LogP contribution in [0.25, 0.3) is 0 Å². The van der Waals surface area contributed by atoms with Gasteiger partial charge in [0.15, 0.2) is 9.84 Å². The molecule has 3 nitrogen and oxygen atoms in total. The van der Waals surface area contributed by atoms with Gasteiger partial charge in [0.05, 0.1) is 10.9 Å². The molecule has 102 valence electrons. The molecule has 0 spiro atoms. The highest BCUT2D eigenvalue weighted by Gasteiger charge is 2.10. The van der Waals surface area contributed by atoms with Gasteiger partial charge < -0.3 is 5.32 Å². The normalized spacial score (nSPS) is 13.2. The monoisotopic (exact) mass is 295 g/mol. The van der Waals surface area contributed by atoms with Crippen LogP contribution in [0, 0.1) is 6.92 Å². The summed E-state index contributed by atoms with van der Waals surface area (Å²) in [6.45, 7) is 4.14. The maximum Gasteiger partial charge on any atom is 0.175 e. The molecule has 1 aromatic heterocycles. The molecule has 0 aliphatic rings. The molecular formula is C14H17NO2S2. The highest BCUT2D eigenvalue weighted by atomic mass is 32.2. The molecule has 1 atom stereocenters. The Morgan fingerprint density at radius 2 is 1.95 bits per heavy atom. The van der Waals surface area contributed by atoms with Gasteiger partial charge in [0.2, 0.25) is 0 Å². The fourth-order valence-electron chi connectivity index (χ4n) is 1.82. The molecule has 2 aromatic rings. The summed E-state index contributed by atoms with van der Waals surface area (Å²) >= 11 is 1.74. The molecule has 0 aliphatic carbocycles. The standard InChI is InChI=1S/C14H17NO2S2/c1-10-7-8-14(18-10)11(2)15-12-5-4-6-13(9-12)19(3,16)17/h4-9,11,15H,1-3H3. The van der Waals surface area contributed by atoms with E-state index in [9.17, 15) is 8.42 Å². The summed E-state index contributed by atoms with van der Waals surface area (Å²) in [5.41, 5.74) is 0.821. The van der Waals surface area contributed by atoms with Crippen LogP contribution in [0.1, 0.15) is 22.7 Å². The van der Waals surface area contributed by atoms with Gasteiger partial charge in [-0.15, -0.1) is 11.3 Å². The number of hydrogen-bond donors (Lipinski definition) is 1. The van der Waals surface area contributed by atoms with Crippen LogP contribution >= 0.6 is 11.3 Å². The van der Waals surface area contributed by atoms with Crippen molar-refractivity contribution in [1.29, 1.82) is 0 Å². The second-order valence-corrected chi connectivity index (χ2v) is 7.95. The second kappa shape index (κ2) is 5.35. The van der Waals surface area contributed by atoms with Crippen LogP contribution in [0.3, 0.4) is 0 Å².